The molecule has 12 aromatic carbocycles. The summed E-state index contributed by atoms with van der Waals surface area (Å²) in [4.78, 5) is 2.43. The van der Waals surface area contributed by atoms with Gasteiger partial charge in [-0.2, -0.15) is 0 Å². The van der Waals surface area contributed by atoms with E-state index in [1.54, 1.807) is 0 Å². The predicted octanol–water partition coefficient (Wildman–Crippen LogP) is 17.1. The van der Waals surface area contributed by atoms with Crippen molar-refractivity contribution in [1.29, 1.82) is 0 Å². The van der Waals surface area contributed by atoms with E-state index in [1.165, 1.54) is 97.5 Å². The van der Waals surface area contributed by atoms with Crippen LogP contribution in [-0.4, -0.2) is 9.13 Å². The first kappa shape index (κ1) is 35.9. The van der Waals surface area contributed by atoms with Gasteiger partial charge in [0.05, 0.1) is 39.1 Å². The van der Waals surface area contributed by atoms with Gasteiger partial charge in [-0.15, -0.1) is 0 Å². The molecular formula is C62H39N3. The van der Waals surface area contributed by atoms with Gasteiger partial charge < -0.3 is 14.0 Å². The van der Waals surface area contributed by atoms with Gasteiger partial charge in [0.1, 0.15) is 0 Å². The van der Waals surface area contributed by atoms with Crippen LogP contribution in [0.4, 0.5) is 17.1 Å². The molecule has 0 unspecified atom stereocenters. The molecule has 3 nitrogen and oxygen atoms in total. The fourth-order valence-corrected chi connectivity index (χ4v) is 10.8. The second-order valence-electron chi connectivity index (χ2n) is 17.4. The van der Waals surface area contributed by atoms with Crippen molar-refractivity contribution in [2.45, 2.75) is 0 Å². The fraction of sp³-hybridized carbons (Fsp3) is 0. The molecule has 0 bridgehead atoms. The Morgan fingerprint density at radius 3 is 1.42 bits per heavy atom. The van der Waals surface area contributed by atoms with Gasteiger partial charge in [-0.25, -0.2) is 0 Å². The molecule has 14 aromatic rings. The Kier molecular flexibility index (Phi) is 7.69. The zero-order chi connectivity index (χ0) is 42.6. The third-order valence-corrected chi connectivity index (χ3v) is 13.7. The normalized spacial score (nSPS) is 12.0. The lowest BCUT2D eigenvalue weighted by Gasteiger charge is -2.27. The van der Waals surface area contributed by atoms with Gasteiger partial charge in [-0.05, 0) is 151 Å². The summed E-state index contributed by atoms with van der Waals surface area (Å²) in [6.45, 7) is 0. The van der Waals surface area contributed by atoms with Crippen LogP contribution in [0.15, 0.2) is 237 Å². The molecule has 0 fully saturated rings. The number of aromatic nitrogens is 2. The first-order chi connectivity index (χ1) is 32.2. The van der Waals surface area contributed by atoms with Crippen LogP contribution in [0.5, 0.6) is 0 Å². The van der Waals surface area contributed by atoms with E-state index >= 15 is 0 Å². The Morgan fingerprint density at radius 2 is 0.723 bits per heavy atom. The Morgan fingerprint density at radius 1 is 0.231 bits per heavy atom. The Balaban J connectivity index is 1.10. The van der Waals surface area contributed by atoms with Crippen LogP contribution < -0.4 is 4.90 Å². The van der Waals surface area contributed by atoms with Gasteiger partial charge in [-0.1, -0.05) is 140 Å². The highest BCUT2D eigenvalue weighted by Crippen LogP contribution is 2.44. The molecule has 2 aromatic heterocycles. The molecule has 0 atom stereocenters. The third-order valence-electron chi connectivity index (χ3n) is 13.7. The minimum absolute atomic E-state index is 1.06. The maximum absolute atomic E-state index is 2.49. The first-order valence-corrected chi connectivity index (χ1v) is 22.4. The lowest BCUT2D eigenvalue weighted by atomic mass is 9.99. The van der Waals surface area contributed by atoms with Crippen molar-refractivity contribution >= 4 is 115 Å². The molecule has 0 saturated carbocycles. The van der Waals surface area contributed by atoms with E-state index in [9.17, 15) is 0 Å². The predicted molar refractivity (Wildman–Crippen MR) is 277 cm³/mol. The zero-order valence-electron chi connectivity index (χ0n) is 35.4. The molecule has 302 valence electrons. The molecule has 0 amide bonds. The van der Waals surface area contributed by atoms with Crippen molar-refractivity contribution in [3.8, 4) is 11.4 Å². The van der Waals surface area contributed by atoms with Crippen LogP contribution in [-0.2, 0) is 0 Å². The van der Waals surface area contributed by atoms with Crippen molar-refractivity contribution in [3.63, 3.8) is 0 Å². The van der Waals surface area contributed by atoms with E-state index in [-0.39, 0.29) is 0 Å². The summed E-state index contributed by atoms with van der Waals surface area (Å²) in [6.07, 6.45) is 0. The maximum Gasteiger partial charge on any atom is 0.0547 e. The van der Waals surface area contributed by atoms with Crippen molar-refractivity contribution < 1.29 is 0 Å². The number of para-hydroxylation sites is 3. The van der Waals surface area contributed by atoms with Crippen molar-refractivity contribution in [3.05, 3.63) is 237 Å². The highest BCUT2D eigenvalue weighted by molar-refractivity contribution is 6.23. The Hall–Kier alpha value is -8.66. The standard InChI is InChI=1S/C62H39N3/c1-2-20-49(21-3-1)63(50-28-26-46-30-40-14-4-5-16-42(40)32-48(46)33-50)51-37-52(39-53(38-51)65-58-24-12-10-22-54(58)57-35-44-18-8-9-19-45(44)36-61(57)65)64-59-25-13-11-23-55(59)62-56-34-43-17-7-6-15-41(43)31-47(56)27-29-60(62)64/h1-39H. The van der Waals surface area contributed by atoms with Crippen LogP contribution in [0, 0.1) is 0 Å². The van der Waals surface area contributed by atoms with Crippen LogP contribution in [0.1, 0.15) is 0 Å². The van der Waals surface area contributed by atoms with Crippen molar-refractivity contribution in [2.75, 3.05) is 4.90 Å². The van der Waals surface area contributed by atoms with Crippen LogP contribution in [0.3, 0.4) is 0 Å². The summed E-state index contributed by atoms with van der Waals surface area (Å²) in [5, 5.41) is 17.3. The molecule has 0 radical (unpaired) electrons. The van der Waals surface area contributed by atoms with Crippen LogP contribution >= 0.6 is 0 Å². The number of hydrogen-bond acceptors (Lipinski definition) is 1. The van der Waals surface area contributed by atoms with Crippen LogP contribution in [0.2, 0.25) is 0 Å². The summed E-state index contributed by atoms with van der Waals surface area (Å²) >= 11 is 0. The van der Waals surface area contributed by atoms with E-state index < -0.39 is 0 Å². The summed E-state index contributed by atoms with van der Waals surface area (Å²) in [5.41, 5.74) is 10.1. The number of hydrogen-bond donors (Lipinski definition) is 0. The first-order valence-electron chi connectivity index (χ1n) is 22.4. The van der Waals surface area contributed by atoms with Gasteiger partial charge in [-0.3, -0.25) is 0 Å². The lowest BCUT2D eigenvalue weighted by molar-refractivity contribution is 1.12. The van der Waals surface area contributed by atoms with E-state index in [1.807, 2.05) is 0 Å². The van der Waals surface area contributed by atoms with E-state index in [4.69, 9.17) is 0 Å². The van der Waals surface area contributed by atoms with Crippen LogP contribution in [0.25, 0.3) is 109 Å². The second kappa shape index (κ2) is 13.9. The average Bonchev–Trinajstić information content (AvgIpc) is 3.87. The molecule has 0 N–H and O–H groups in total. The van der Waals surface area contributed by atoms with Gasteiger partial charge in [0.25, 0.3) is 0 Å². The van der Waals surface area contributed by atoms with Gasteiger partial charge >= 0.3 is 0 Å². The van der Waals surface area contributed by atoms with E-state index in [0.717, 1.165) is 28.4 Å². The molecule has 3 heteroatoms. The molecule has 0 aliphatic carbocycles. The second-order valence-corrected chi connectivity index (χ2v) is 17.4. The molecule has 14 rings (SSSR count). The highest BCUT2D eigenvalue weighted by Gasteiger charge is 2.22. The van der Waals surface area contributed by atoms with Crippen molar-refractivity contribution in [2.24, 2.45) is 0 Å². The number of anilines is 3. The minimum atomic E-state index is 1.06. The number of nitrogens with zero attached hydrogens (tertiary/aromatic N) is 3. The molecule has 0 aliphatic rings. The molecule has 0 spiro atoms. The van der Waals surface area contributed by atoms with E-state index in [2.05, 4.69) is 251 Å². The summed E-state index contributed by atoms with van der Waals surface area (Å²) in [6, 6.07) is 87.5. The minimum Gasteiger partial charge on any atom is -0.310 e. The molecule has 2 heterocycles. The van der Waals surface area contributed by atoms with Gasteiger partial charge in [0.2, 0.25) is 0 Å². The molecule has 65 heavy (non-hydrogen) atoms. The van der Waals surface area contributed by atoms with Crippen molar-refractivity contribution in [1.82, 2.24) is 9.13 Å². The van der Waals surface area contributed by atoms with Gasteiger partial charge in [0.15, 0.2) is 0 Å². The van der Waals surface area contributed by atoms with Gasteiger partial charge in [0, 0.05) is 32.9 Å². The third kappa shape index (κ3) is 5.56. The number of rotatable bonds is 5. The fourth-order valence-electron chi connectivity index (χ4n) is 10.8. The maximum atomic E-state index is 2.49. The summed E-state index contributed by atoms with van der Waals surface area (Å²) in [7, 11) is 0. The number of benzene rings is 12. The Labute approximate surface area is 374 Å². The lowest BCUT2D eigenvalue weighted by Crippen LogP contribution is -2.11. The monoisotopic (exact) mass is 825 g/mol. The smallest absolute Gasteiger partial charge is 0.0547 e. The Bertz CT molecular complexity index is 4250. The molecule has 0 saturated heterocycles. The van der Waals surface area contributed by atoms with E-state index in [0.29, 0.717) is 0 Å². The molecular weight excluding hydrogens is 787 g/mol. The summed E-state index contributed by atoms with van der Waals surface area (Å²) in [5.74, 6) is 0. The number of fused-ring (bicyclic) bond motifs is 12. The molecule has 0 aliphatic heterocycles. The topological polar surface area (TPSA) is 13.1 Å². The average molecular weight is 826 g/mol. The highest BCUT2D eigenvalue weighted by atomic mass is 15.1. The summed E-state index contributed by atoms with van der Waals surface area (Å²) < 4.78 is 4.97. The largest absolute Gasteiger partial charge is 0.310 e. The quantitative estimate of drug-likeness (QED) is 0.158. The zero-order valence-corrected chi connectivity index (χ0v) is 35.4. The SMILES string of the molecule is c1ccc(N(c2cc(-n3c4ccccc4c4cc5ccccc5cc43)cc(-n3c4ccccc4c4c5cc6ccccc6cc5ccc43)c2)c2ccc3cc4ccccc4cc3c2)cc1.